The largest absolute Gasteiger partial charge is 0.481 e. The van der Waals surface area contributed by atoms with Gasteiger partial charge in [-0.1, -0.05) is 47.6 Å². The van der Waals surface area contributed by atoms with E-state index in [1.54, 1.807) is 22.1 Å². The number of carbonyl (C=O) groups is 2. The summed E-state index contributed by atoms with van der Waals surface area (Å²) in [6.07, 6.45) is 1.63. The van der Waals surface area contributed by atoms with Crippen LogP contribution in [0.1, 0.15) is 88.5 Å². The highest BCUT2D eigenvalue weighted by atomic mass is 32.1. The zero-order valence-electron chi connectivity index (χ0n) is 23.7. The molecule has 38 heavy (non-hydrogen) atoms. The van der Waals surface area contributed by atoms with Crippen LogP contribution in [0.2, 0.25) is 0 Å². The fraction of sp³-hybridized carbons (Fsp3) is 0.533. The third-order valence-electron chi connectivity index (χ3n) is 7.35. The number of nitrogens with zero attached hydrogens (tertiary/aromatic N) is 4. The van der Waals surface area contributed by atoms with Gasteiger partial charge in [0.15, 0.2) is 0 Å². The van der Waals surface area contributed by atoms with E-state index in [4.69, 9.17) is 10.1 Å². The molecule has 204 valence electrons. The number of carboxylic acid groups (broad SMARTS) is 1. The van der Waals surface area contributed by atoms with Crippen molar-refractivity contribution in [3.05, 3.63) is 57.9 Å². The van der Waals surface area contributed by atoms with E-state index in [9.17, 15) is 9.59 Å². The minimum atomic E-state index is -0.926. The highest BCUT2D eigenvalue weighted by molar-refractivity contribution is 7.13. The molecule has 3 heterocycles. The number of amides is 1. The van der Waals surface area contributed by atoms with Crippen LogP contribution in [-0.2, 0) is 33.4 Å². The summed E-state index contributed by atoms with van der Waals surface area (Å²) in [6.45, 7) is 16.9. The van der Waals surface area contributed by atoms with Crippen LogP contribution < -0.4 is 0 Å². The van der Waals surface area contributed by atoms with Crippen LogP contribution in [0.25, 0.3) is 10.6 Å². The molecule has 1 fully saturated rings. The van der Waals surface area contributed by atoms with Crippen molar-refractivity contribution in [3.63, 3.8) is 0 Å². The number of thiazole rings is 1. The van der Waals surface area contributed by atoms with E-state index in [1.807, 2.05) is 11.8 Å². The number of aromatic nitrogens is 3. The highest BCUT2D eigenvalue weighted by Gasteiger charge is 2.27. The molecule has 0 atom stereocenters. The number of aliphatic carboxylic acids is 1. The lowest BCUT2D eigenvalue weighted by molar-refractivity contribution is -0.136. The van der Waals surface area contributed by atoms with E-state index >= 15 is 0 Å². The van der Waals surface area contributed by atoms with Crippen molar-refractivity contribution in [1.29, 1.82) is 0 Å². The van der Waals surface area contributed by atoms with Crippen molar-refractivity contribution in [2.24, 2.45) is 0 Å². The molecule has 1 aromatic carbocycles. The Labute approximate surface area is 229 Å². The topological polar surface area (TPSA) is 88.3 Å². The van der Waals surface area contributed by atoms with Crippen LogP contribution in [-0.4, -0.2) is 49.7 Å². The highest BCUT2D eigenvalue weighted by Crippen LogP contribution is 2.37. The molecular weight excluding hydrogens is 496 g/mol. The Bertz CT molecular complexity index is 1290. The van der Waals surface area contributed by atoms with E-state index in [0.29, 0.717) is 24.7 Å². The van der Waals surface area contributed by atoms with Gasteiger partial charge < -0.3 is 10.0 Å². The molecule has 1 saturated heterocycles. The summed E-state index contributed by atoms with van der Waals surface area (Å²) in [5.74, 6) is -0.570. The second-order valence-electron chi connectivity index (χ2n) is 12.5. The fourth-order valence-corrected chi connectivity index (χ4v) is 5.75. The van der Waals surface area contributed by atoms with E-state index in [1.165, 1.54) is 16.7 Å². The molecule has 0 unspecified atom stereocenters. The summed E-state index contributed by atoms with van der Waals surface area (Å²) in [4.78, 5) is 30.9. The number of carbonyl (C=O) groups excluding carboxylic acids is 1. The van der Waals surface area contributed by atoms with Gasteiger partial charge in [-0.05, 0) is 59.9 Å². The molecular formula is C30H40N4O3S. The Morgan fingerprint density at radius 1 is 1.00 bits per heavy atom. The molecule has 0 saturated carbocycles. The van der Waals surface area contributed by atoms with Crippen LogP contribution in [0.15, 0.2) is 29.6 Å². The standard InChI is InChI=1S/C30H40N4O3S/c1-19-12-24(16-27(36)37)32-34(19)17-26(35)33-10-8-20(9-11-33)25-18-38-28(31-25)21-13-22(29(2,3)4)15-23(14-21)30(5,6)7/h12-15,18,20H,8-11,16-17H2,1-7H3,(H,36,37). The van der Waals surface area contributed by atoms with Gasteiger partial charge in [0.05, 0.1) is 17.8 Å². The molecule has 0 aliphatic carbocycles. The molecule has 0 radical (unpaired) electrons. The Morgan fingerprint density at radius 3 is 2.16 bits per heavy atom. The van der Waals surface area contributed by atoms with Crippen molar-refractivity contribution in [3.8, 4) is 10.6 Å². The lowest BCUT2D eigenvalue weighted by atomic mass is 9.79. The van der Waals surface area contributed by atoms with E-state index in [-0.39, 0.29) is 29.7 Å². The van der Waals surface area contributed by atoms with E-state index in [0.717, 1.165) is 29.2 Å². The van der Waals surface area contributed by atoms with Gasteiger partial charge in [0.2, 0.25) is 5.91 Å². The molecule has 2 aromatic heterocycles. The predicted octanol–water partition coefficient (Wildman–Crippen LogP) is 5.94. The van der Waals surface area contributed by atoms with Gasteiger partial charge >= 0.3 is 5.97 Å². The Balaban J connectivity index is 1.43. The Morgan fingerprint density at radius 2 is 1.61 bits per heavy atom. The van der Waals surface area contributed by atoms with Gasteiger partial charge in [0.1, 0.15) is 11.6 Å². The van der Waals surface area contributed by atoms with Crippen molar-refractivity contribution in [2.75, 3.05) is 13.1 Å². The van der Waals surface area contributed by atoms with Gasteiger partial charge in [-0.25, -0.2) is 4.98 Å². The summed E-state index contributed by atoms with van der Waals surface area (Å²) in [7, 11) is 0. The van der Waals surface area contributed by atoms with Crippen LogP contribution in [0, 0.1) is 6.92 Å². The smallest absolute Gasteiger partial charge is 0.309 e. The normalized spacial score (nSPS) is 15.2. The molecule has 1 N–H and O–H groups in total. The third kappa shape index (κ3) is 6.52. The van der Waals surface area contributed by atoms with Gasteiger partial charge in [0.25, 0.3) is 0 Å². The number of hydrogen-bond donors (Lipinski definition) is 1. The van der Waals surface area contributed by atoms with E-state index < -0.39 is 5.97 Å². The first-order chi connectivity index (χ1) is 17.7. The first-order valence-corrected chi connectivity index (χ1v) is 14.2. The lowest BCUT2D eigenvalue weighted by Gasteiger charge is -2.31. The fourth-order valence-electron chi connectivity index (χ4n) is 4.86. The number of carboxylic acids is 1. The van der Waals surface area contributed by atoms with Crippen molar-refractivity contribution >= 4 is 23.2 Å². The minimum Gasteiger partial charge on any atom is -0.481 e. The quantitative estimate of drug-likeness (QED) is 0.421. The van der Waals surface area contributed by atoms with Crippen LogP contribution in [0.4, 0.5) is 0 Å². The molecule has 4 rings (SSSR count). The first-order valence-electron chi connectivity index (χ1n) is 13.4. The Hall–Kier alpha value is -3.00. The summed E-state index contributed by atoms with van der Waals surface area (Å²) >= 11 is 1.71. The van der Waals surface area contributed by atoms with Gasteiger partial charge in [-0.3, -0.25) is 14.3 Å². The molecule has 8 heteroatoms. The average molecular weight is 537 g/mol. The van der Waals surface area contributed by atoms with Crippen LogP contribution in [0.3, 0.4) is 0 Å². The van der Waals surface area contributed by atoms with Gasteiger partial charge in [-0.15, -0.1) is 11.3 Å². The molecule has 1 amide bonds. The predicted molar refractivity (Wildman–Crippen MR) is 152 cm³/mol. The third-order valence-corrected chi connectivity index (χ3v) is 8.26. The molecule has 7 nitrogen and oxygen atoms in total. The van der Waals surface area contributed by atoms with Gasteiger partial charge in [0, 0.05) is 35.6 Å². The van der Waals surface area contributed by atoms with Crippen LogP contribution in [0.5, 0.6) is 0 Å². The maximum absolute atomic E-state index is 12.9. The lowest BCUT2D eigenvalue weighted by Crippen LogP contribution is -2.40. The number of benzene rings is 1. The van der Waals surface area contributed by atoms with Gasteiger partial charge in [-0.2, -0.15) is 5.10 Å². The molecule has 3 aromatic rings. The number of likely N-dealkylation sites (tertiary alicyclic amines) is 1. The maximum atomic E-state index is 12.9. The number of piperidine rings is 1. The summed E-state index contributed by atoms with van der Waals surface area (Å²) < 4.78 is 1.61. The molecule has 1 aliphatic heterocycles. The number of aryl methyl sites for hydroxylation is 1. The summed E-state index contributed by atoms with van der Waals surface area (Å²) in [6, 6.07) is 8.65. The number of hydrogen-bond acceptors (Lipinski definition) is 5. The van der Waals surface area contributed by atoms with Crippen molar-refractivity contribution in [2.45, 2.75) is 91.0 Å². The second kappa shape index (κ2) is 10.6. The molecule has 0 bridgehead atoms. The second-order valence-corrected chi connectivity index (χ2v) is 13.4. The Kier molecular flexibility index (Phi) is 7.84. The van der Waals surface area contributed by atoms with E-state index in [2.05, 4.69) is 70.2 Å². The van der Waals surface area contributed by atoms with Crippen molar-refractivity contribution < 1.29 is 14.7 Å². The zero-order valence-corrected chi connectivity index (χ0v) is 24.5. The molecule has 1 aliphatic rings. The summed E-state index contributed by atoms with van der Waals surface area (Å²) in [5, 5.41) is 16.5. The zero-order chi connectivity index (χ0) is 27.8. The average Bonchev–Trinajstić information content (AvgIpc) is 3.44. The molecule has 0 spiro atoms. The minimum absolute atomic E-state index is 0.0178. The SMILES string of the molecule is Cc1cc(CC(=O)O)nn1CC(=O)N1CCC(c2csc(-c3cc(C(C)(C)C)cc(C(C)(C)C)c3)n2)CC1. The maximum Gasteiger partial charge on any atom is 0.309 e. The number of rotatable bonds is 6. The van der Waals surface area contributed by atoms with Crippen LogP contribution >= 0.6 is 11.3 Å². The summed E-state index contributed by atoms with van der Waals surface area (Å²) in [5.41, 5.74) is 6.34. The van der Waals surface area contributed by atoms with Crippen molar-refractivity contribution in [1.82, 2.24) is 19.7 Å². The monoisotopic (exact) mass is 536 g/mol. The first kappa shape index (κ1) is 28.0.